The van der Waals surface area contributed by atoms with Crippen molar-refractivity contribution in [3.63, 3.8) is 0 Å². The van der Waals surface area contributed by atoms with Crippen LogP contribution in [0, 0.1) is 17.5 Å². The van der Waals surface area contributed by atoms with Gasteiger partial charge in [0.2, 0.25) is 0 Å². The lowest BCUT2D eigenvalue weighted by Gasteiger charge is -2.01. The summed E-state index contributed by atoms with van der Waals surface area (Å²) in [5.74, 6) is -2.88. The minimum absolute atomic E-state index is 0.160. The molecule has 1 atom stereocenters. The zero-order valence-electron chi connectivity index (χ0n) is 8.88. The molecule has 0 amide bonds. The number of nitrogens with zero attached hydrogens (tertiary/aromatic N) is 1. The van der Waals surface area contributed by atoms with E-state index >= 15 is 0 Å². The van der Waals surface area contributed by atoms with Gasteiger partial charge in [-0.1, -0.05) is 0 Å². The quantitative estimate of drug-likeness (QED) is 0.898. The molecule has 1 heterocycles. The van der Waals surface area contributed by atoms with Crippen LogP contribution < -0.4 is 5.73 Å². The third kappa shape index (κ3) is 2.32. The fraction of sp³-hybridized carbons (Fsp3) is 0.182. The molecule has 2 N–H and O–H groups in total. The summed E-state index contributed by atoms with van der Waals surface area (Å²) in [6.45, 7) is 1.74. The molecule has 0 aliphatic carbocycles. The first-order valence-electron chi connectivity index (χ1n) is 4.85. The van der Waals surface area contributed by atoms with Gasteiger partial charge in [0.1, 0.15) is 22.5 Å². The van der Waals surface area contributed by atoms with E-state index in [0.717, 1.165) is 11.3 Å². The molecule has 0 radical (unpaired) electrons. The Hall–Kier alpha value is -1.40. The van der Waals surface area contributed by atoms with Crippen molar-refractivity contribution in [2.24, 2.45) is 5.73 Å². The van der Waals surface area contributed by atoms with E-state index in [0.29, 0.717) is 17.0 Å². The van der Waals surface area contributed by atoms with Crippen LogP contribution in [0.5, 0.6) is 0 Å². The van der Waals surface area contributed by atoms with E-state index in [9.17, 15) is 13.2 Å². The predicted molar refractivity (Wildman–Crippen MR) is 60.0 cm³/mol. The van der Waals surface area contributed by atoms with Gasteiger partial charge in [-0.05, 0) is 6.92 Å². The Bertz CT molecular complexity index is 528. The van der Waals surface area contributed by atoms with Gasteiger partial charge in [0, 0.05) is 29.2 Å². The molecule has 17 heavy (non-hydrogen) atoms. The Kier molecular flexibility index (Phi) is 3.17. The van der Waals surface area contributed by atoms with Crippen molar-refractivity contribution < 1.29 is 13.2 Å². The summed E-state index contributed by atoms with van der Waals surface area (Å²) in [7, 11) is 0. The Balaban J connectivity index is 2.52. The molecular weight excluding hydrogens is 249 g/mol. The van der Waals surface area contributed by atoms with Crippen LogP contribution in [0.4, 0.5) is 13.2 Å². The van der Waals surface area contributed by atoms with Crippen molar-refractivity contribution in [1.82, 2.24) is 4.98 Å². The normalized spacial score (nSPS) is 12.8. The van der Waals surface area contributed by atoms with Crippen LogP contribution in [-0.2, 0) is 0 Å². The fourth-order valence-electron chi connectivity index (χ4n) is 1.36. The number of nitrogens with two attached hydrogens (primary N) is 1. The van der Waals surface area contributed by atoms with E-state index in [2.05, 4.69) is 4.98 Å². The van der Waals surface area contributed by atoms with Crippen LogP contribution in [-0.4, -0.2) is 4.98 Å². The molecular formula is C11H9F3N2S. The predicted octanol–water partition coefficient (Wildman–Crippen LogP) is 3.25. The van der Waals surface area contributed by atoms with Gasteiger partial charge < -0.3 is 5.73 Å². The third-order valence-electron chi connectivity index (χ3n) is 2.19. The van der Waals surface area contributed by atoms with Gasteiger partial charge in [-0.25, -0.2) is 18.2 Å². The number of halogens is 3. The molecule has 2 aromatic rings. The second-order valence-corrected chi connectivity index (χ2v) is 4.66. The van der Waals surface area contributed by atoms with E-state index in [4.69, 9.17) is 5.73 Å². The topological polar surface area (TPSA) is 38.9 Å². The maximum Gasteiger partial charge on any atom is 0.139 e. The zero-order chi connectivity index (χ0) is 12.6. The molecule has 2 nitrogen and oxygen atoms in total. The highest BCUT2D eigenvalue weighted by molar-refractivity contribution is 7.15. The highest BCUT2D eigenvalue weighted by Gasteiger charge is 2.17. The molecule has 0 fully saturated rings. The van der Waals surface area contributed by atoms with Gasteiger partial charge in [-0.2, -0.15) is 0 Å². The molecule has 0 bridgehead atoms. The molecule has 1 unspecified atom stereocenters. The number of hydrogen-bond donors (Lipinski definition) is 1. The maximum atomic E-state index is 13.5. The summed E-state index contributed by atoms with van der Waals surface area (Å²) in [5, 5.41) is 0.160. The molecule has 6 heteroatoms. The Morgan fingerprint density at radius 1 is 1.24 bits per heavy atom. The monoisotopic (exact) mass is 258 g/mol. The number of aromatic nitrogens is 1. The van der Waals surface area contributed by atoms with Crippen molar-refractivity contribution in [3.05, 3.63) is 40.7 Å². The molecule has 2 rings (SSSR count). The summed E-state index contributed by atoms with van der Waals surface area (Å²) in [6.07, 6.45) is 1.47. The van der Waals surface area contributed by atoms with Crippen molar-refractivity contribution in [1.29, 1.82) is 0 Å². The maximum absolute atomic E-state index is 13.5. The second-order valence-electron chi connectivity index (χ2n) is 3.60. The van der Waals surface area contributed by atoms with Crippen molar-refractivity contribution in [3.8, 4) is 10.6 Å². The van der Waals surface area contributed by atoms with Crippen molar-refractivity contribution in [2.45, 2.75) is 13.0 Å². The van der Waals surface area contributed by atoms with E-state index in [-0.39, 0.29) is 16.6 Å². The van der Waals surface area contributed by atoms with E-state index in [1.54, 1.807) is 6.92 Å². The summed E-state index contributed by atoms with van der Waals surface area (Å²) in [6, 6.07) is 1.00. The van der Waals surface area contributed by atoms with Gasteiger partial charge in [0.25, 0.3) is 0 Å². The minimum atomic E-state index is -0.965. The fourth-order valence-corrected chi connectivity index (χ4v) is 2.28. The summed E-state index contributed by atoms with van der Waals surface area (Å²) >= 11 is 1.09. The molecule has 0 aliphatic heterocycles. The molecule has 0 aliphatic rings. The summed E-state index contributed by atoms with van der Waals surface area (Å²) in [4.78, 5) is 4.61. The Labute approximate surface area is 99.9 Å². The standard InChI is InChI=1S/C11H9F3N2S/c1-5(15)9-4-16-11(17-9)10-7(13)2-6(12)3-8(10)14/h2-5H,15H2,1H3. The number of hydrogen-bond acceptors (Lipinski definition) is 3. The lowest BCUT2D eigenvalue weighted by molar-refractivity contribution is 0.548. The van der Waals surface area contributed by atoms with E-state index < -0.39 is 17.5 Å². The van der Waals surface area contributed by atoms with Gasteiger partial charge in [0.15, 0.2) is 0 Å². The number of benzene rings is 1. The van der Waals surface area contributed by atoms with Gasteiger partial charge >= 0.3 is 0 Å². The first kappa shape index (κ1) is 12.1. The van der Waals surface area contributed by atoms with Crippen LogP contribution in [0.15, 0.2) is 18.3 Å². The van der Waals surface area contributed by atoms with Gasteiger partial charge in [-0.15, -0.1) is 11.3 Å². The average molecular weight is 258 g/mol. The van der Waals surface area contributed by atoms with Crippen LogP contribution in [0.25, 0.3) is 10.6 Å². The van der Waals surface area contributed by atoms with Crippen LogP contribution >= 0.6 is 11.3 Å². The van der Waals surface area contributed by atoms with E-state index in [1.807, 2.05) is 0 Å². The van der Waals surface area contributed by atoms with E-state index in [1.165, 1.54) is 6.20 Å². The highest BCUT2D eigenvalue weighted by Crippen LogP contribution is 2.32. The lowest BCUT2D eigenvalue weighted by atomic mass is 10.2. The third-order valence-corrected chi connectivity index (χ3v) is 3.41. The van der Waals surface area contributed by atoms with Crippen LogP contribution in [0.2, 0.25) is 0 Å². The molecule has 1 aromatic carbocycles. The SMILES string of the molecule is CC(N)c1cnc(-c2c(F)cc(F)cc2F)s1. The molecule has 0 saturated heterocycles. The second kappa shape index (κ2) is 4.46. The molecule has 0 saturated carbocycles. The van der Waals surface area contributed by atoms with Gasteiger partial charge in [-0.3, -0.25) is 0 Å². The lowest BCUT2D eigenvalue weighted by Crippen LogP contribution is -2.01. The zero-order valence-corrected chi connectivity index (χ0v) is 9.69. The minimum Gasteiger partial charge on any atom is -0.323 e. The average Bonchev–Trinajstić information content (AvgIpc) is 2.65. The number of rotatable bonds is 2. The Morgan fingerprint density at radius 3 is 2.29 bits per heavy atom. The largest absolute Gasteiger partial charge is 0.323 e. The van der Waals surface area contributed by atoms with Crippen molar-refractivity contribution in [2.75, 3.05) is 0 Å². The highest BCUT2D eigenvalue weighted by atomic mass is 32.1. The van der Waals surface area contributed by atoms with Gasteiger partial charge in [0.05, 0.1) is 5.56 Å². The molecule has 1 aromatic heterocycles. The smallest absolute Gasteiger partial charge is 0.139 e. The first-order chi connectivity index (χ1) is 7.99. The number of thiazole rings is 1. The first-order valence-corrected chi connectivity index (χ1v) is 5.67. The van der Waals surface area contributed by atoms with Crippen LogP contribution in [0.1, 0.15) is 17.8 Å². The summed E-state index contributed by atoms with van der Waals surface area (Å²) < 4.78 is 39.7. The molecule has 90 valence electrons. The Morgan fingerprint density at radius 2 is 1.82 bits per heavy atom. The molecule has 0 spiro atoms. The summed E-state index contributed by atoms with van der Waals surface area (Å²) in [5.41, 5.74) is 5.31. The van der Waals surface area contributed by atoms with Crippen molar-refractivity contribution >= 4 is 11.3 Å². The van der Waals surface area contributed by atoms with Crippen LogP contribution in [0.3, 0.4) is 0 Å².